The van der Waals surface area contributed by atoms with Gasteiger partial charge in [-0.05, 0) is 66.8 Å². The lowest BCUT2D eigenvalue weighted by molar-refractivity contribution is -0.197. The zero-order valence-electron chi connectivity index (χ0n) is 19.4. The molecule has 1 N–H and O–H groups in total. The van der Waals surface area contributed by atoms with Crippen molar-refractivity contribution in [2.24, 2.45) is 5.92 Å². The number of hydrogen-bond donors (Lipinski definition) is 1. The van der Waals surface area contributed by atoms with Gasteiger partial charge in [0.15, 0.2) is 0 Å². The molecule has 2 heterocycles. The van der Waals surface area contributed by atoms with Gasteiger partial charge in [0.25, 0.3) is 15.6 Å². The molecule has 0 saturated heterocycles. The normalized spacial score (nSPS) is 17.8. The fourth-order valence-electron chi connectivity index (χ4n) is 4.46. The molecule has 0 atom stereocenters. The standard InChI is InChI=1S/C25H21F3N4O4S/c1-36-22-14-15(17-11-18(12-17)25(26,27)28)3-6-21(22)32-20-7-5-19(13-16(20)4-8-23(32)33)37(34,35)31-24-29-9-2-10-30-24/h2-10,13-14,17-18H,11-12H2,1H3,(H,29,30,31). The topological polar surface area (TPSA) is 103 Å². The van der Waals surface area contributed by atoms with Crippen LogP contribution in [0.1, 0.15) is 24.3 Å². The van der Waals surface area contributed by atoms with Crippen LogP contribution in [0.5, 0.6) is 5.75 Å². The molecular weight excluding hydrogens is 509 g/mol. The van der Waals surface area contributed by atoms with E-state index in [4.69, 9.17) is 4.74 Å². The lowest BCUT2D eigenvalue weighted by Gasteiger charge is -2.37. The summed E-state index contributed by atoms with van der Waals surface area (Å²) < 4.78 is 73.6. The summed E-state index contributed by atoms with van der Waals surface area (Å²) in [5.41, 5.74) is 1.14. The number of pyridine rings is 1. The molecule has 0 aliphatic heterocycles. The van der Waals surface area contributed by atoms with Crippen LogP contribution in [0.4, 0.5) is 19.1 Å². The SMILES string of the molecule is COc1cc(C2CC(C(F)(F)F)C2)ccc1-n1c(=O)ccc2cc(S(=O)(=O)Nc3ncccn3)ccc21. The van der Waals surface area contributed by atoms with Crippen LogP contribution in [0.15, 0.2) is 76.7 Å². The average Bonchev–Trinajstić information content (AvgIpc) is 2.82. The molecule has 2 aromatic carbocycles. The first-order valence-electron chi connectivity index (χ1n) is 11.3. The van der Waals surface area contributed by atoms with Gasteiger partial charge in [0.05, 0.1) is 29.1 Å². The molecule has 192 valence electrons. The molecule has 1 aliphatic rings. The number of methoxy groups -OCH3 is 1. The number of hydrogen-bond acceptors (Lipinski definition) is 6. The van der Waals surface area contributed by atoms with Crippen LogP contribution in [0.3, 0.4) is 0 Å². The fraction of sp³-hybridized carbons (Fsp3) is 0.240. The zero-order valence-corrected chi connectivity index (χ0v) is 20.3. The summed E-state index contributed by atoms with van der Waals surface area (Å²) in [6, 6.07) is 13.6. The Labute approximate surface area is 209 Å². The van der Waals surface area contributed by atoms with Crippen molar-refractivity contribution in [3.63, 3.8) is 0 Å². The van der Waals surface area contributed by atoms with Gasteiger partial charge in [-0.15, -0.1) is 0 Å². The van der Waals surface area contributed by atoms with Crippen molar-refractivity contribution in [3.05, 3.63) is 82.9 Å². The maximum absolute atomic E-state index is 12.9. The van der Waals surface area contributed by atoms with E-state index in [0.717, 1.165) is 0 Å². The summed E-state index contributed by atoms with van der Waals surface area (Å²) in [6.45, 7) is 0. The van der Waals surface area contributed by atoms with E-state index in [-0.39, 0.29) is 35.2 Å². The van der Waals surface area contributed by atoms with E-state index in [1.165, 1.54) is 54.4 Å². The van der Waals surface area contributed by atoms with Crippen LogP contribution in [0, 0.1) is 5.92 Å². The Morgan fingerprint density at radius 1 is 1.03 bits per heavy atom. The molecule has 1 aliphatic carbocycles. The van der Waals surface area contributed by atoms with Gasteiger partial charge in [0.2, 0.25) is 5.95 Å². The van der Waals surface area contributed by atoms with E-state index >= 15 is 0 Å². The number of anilines is 1. The van der Waals surface area contributed by atoms with Crippen LogP contribution in [0.25, 0.3) is 16.6 Å². The van der Waals surface area contributed by atoms with Crippen molar-refractivity contribution in [1.29, 1.82) is 0 Å². The number of alkyl halides is 3. The molecular formula is C25H21F3N4O4S. The van der Waals surface area contributed by atoms with Gasteiger partial charge in [-0.25, -0.2) is 23.1 Å². The summed E-state index contributed by atoms with van der Waals surface area (Å²) in [4.78, 5) is 20.6. The molecule has 8 nitrogen and oxygen atoms in total. The van der Waals surface area contributed by atoms with Gasteiger partial charge in [-0.3, -0.25) is 9.36 Å². The summed E-state index contributed by atoms with van der Waals surface area (Å²) in [7, 11) is -2.58. The monoisotopic (exact) mass is 530 g/mol. The number of rotatable bonds is 6. The second-order valence-electron chi connectivity index (χ2n) is 8.74. The maximum atomic E-state index is 12.9. The molecule has 0 spiro atoms. The third-order valence-corrected chi connectivity index (χ3v) is 7.81. The summed E-state index contributed by atoms with van der Waals surface area (Å²) in [6.07, 6.45) is -1.36. The van der Waals surface area contributed by atoms with Crippen molar-refractivity contribution >= 4 is 26.9 Å². The quantitative estimate of drug-likeness (QED) is 0.390. The Bertz CT molecular complexity index is 1630. The molecule has 0 bridgehead atoms. The number of nitrogens with one attached hydrogen (secondary N) is 1. The molecule has 12 heteroatoms. The minimum Gasteiger partial charge on any atom is -0.495 e. The van der Waals surface area contributed by atoms with Crippen molar-refractivity contribution in [2.45, 2.75) is 29.8 Å². The Hall–Kier alpha value is -3.93. The smallest absolute Gasteiger partial charge is 0.391 e. The largest absolute Gasteiger partial charge is 0.495 e. The molecule has 2 aromatic heterocycles. The molecule has 0 unspecified atom stereocenters. The average molecular weight is 531 g/mol. The number of halogens is 3. The minimum absolute atomic E-state index is 0.0134. The fourth-order valence-corrected chi connectivity index (χ4v) is 5.45. The van der Waals surface area contributed by atoms with E-state index in [0.29, 0.717) is 27.9 Å². The predicted octanol–water partition coefficient (Wildman–Crippen LogP) is 4.65. The lowest BCUT2D eigenvalue weighted by atomic mass is 9.71. The van der Waals surface area contributed by atoms with Gasteiger partial charge in [-0.1, -0.05) is 6.07 Å². The van der Waals surface area contributed by atoms with Crippen LogP contribution < -0.4 is 15.0 Å². The Morgan fingerprint density at radius 2 is 1.76 bits per heavy atom. The first kappa shape index (κ1) is 24.8. The second kappa shape index (κ2) is 9.18. The molecule has 0 radical (unpaired) electrons. The number of fused-ring (bicyclic) bond motifs is 1. The minimum atomic E-state index is -4.20. The Kier molecular flexibility index (Phi) is 6.14. The lowest BCUT2D eigenvalue weighted by Crippen LogP contribution is -2.34. The van der Waals surface area contributed by atoms with Crippen LogP contribution in [-0.4, -0.2) is 36.2 Å². The third kappa shape index (κ3) is 4.76. The highest BCUT2D eigenvalue weighted by atomic mass is 32.2. The maximum Gasteiger partial charge on any atom is 0.391 e. The number of ether oxygens (including phenoxy) is 1. The van der Waals surface area contributed by atoms with E-state index < -0.39 is 22.1 Å². The van der Waals surface area contributed by atoms with Crippen molar-refractivity contribution in [1.82, 2.24) is 14.5 Å². The van der Waals surface area contributed by atoms with E-state index in [9.17, 15) is 26.4 Å². The molecule has 4 aromatic rings. The first-order valence-corrected chi connectivity index (χ1v) is 12.8. The summed E-state index contributed by atoms with van der Waals surface area (Å²) >= 11 is 0. The van der Waals surface area contributed by atoms with Crippen molar-refractivity contribution in [3.8, 4) is 11.4 Å². The molecule has 1 saturated carbocycles. The van der Waals surface area contributed by atoms with Crippen LogP contribution >= 0.6 is 0 Å². The van der Waals surface area contributed by atoms with Gasteiger partial charge in [0.1, 0.15) is 5.75 Å². The van der Waals surface area contributed by atoms with E-state index in [1.807, 2.05) is 0 Å². The number of sulfonamides is 1. The van der Waals surface area contributed by atoms with Crippen molar-refractivity contribution in [2.75, 3.05) is 11.8 Å². The highest BCUT2D eigenvalue weighted by molar-refractivity contribution is 7.92. The third-order valence-electron chi connectivity index (χ3n) is 6.48. The predicted molar refractivity (Wildman–Crippen MR) is 130 cm³/mol. The van der Waals surface area contributed by atoms with Crippen molar-refractivity contribution < 1.29 is 26.3 Å². The first-order chi connectivity index (χ1) is 17.6. The van der Waals surface area contributed by atoms with Gasteiger partial charge >= 0.3 is 6.18 Å². The van der Waals surface area contributed by atoms with Crippen LogP contribution in [-0.2, 0) is 10.0 Å². The molecule has 5 rings (SSSR count). The number of aromatic nitrogens is 3. The molecule has 1 fully saturated rings. The molecule has 0 amide bonds. The Balaban J connectivity index is 1.51. The van der Waals surface area contributed by atoms with E-state index in [1.54, 1.807) is 24.3 Å². The van der Waals surface area contributed by atoms with Crippen LogP contribution in [0.2, 0.25) is 0 Å². The van der Waals surface area contributed by atoms with Gasteiger partial charge in [-0.2, -0.15) is 13.2 Å². The molecule has 37 heavy (non-hydrogen) atoms. The number of nitrogens with zero attached hydrogens (tertiary/aromatic N) is 3. The summed E-state index contributed by atoms with van der Waals surface area (Å²) in [5.74, 6) is -1.31. The summed E-state index contributed by atoms with van der Waals surface area (Å²) in [5, 5.41) is 0.467. The highest BCUT2D eigenvalue weighted by Crippen LogP contribution is 2.50. The highest BCUT2D eigenvalue weighted by Gasteiger charge is 2.48. The van der Waals surface area contributed by atoms with Gasteiger partial charge in [0, 0.05) is 23.8 Å². The second-order valence-corrected chi connectivity index (χ2v) is 10.4. The van der Waals surface area contributed by atoms with E-state index in [2.05, 4.69) is 14.7 Å². The Morgan fingerprint density at radius 3 is 2.43 bits per heavy atom. The number of benzene rings is 2. The zero-order chi connectivity index (χ0) is 26.4. The van der Waals surface area contributed by atoms with Gasteiger partial charge < -0.3 is 4.74 Å².